The summed E-state index contributed by atoms with van der Waals surface area (Å²) >= 11 is 0. The number of nitrogens with two attached hydrogens (primary N) is 1. The second-order valence-electron chi connectivity index (χ2n) is 5.92. The molecule has 0 spiro atoms. The summed E-state index contributed by atoms with van der Waals surface area (Å²) in [6.45, 7) is 2.39. The summed E-state index contributed by atoms with van der Waals surface area (Å²) in [7, 11) is 2.25. The molecule has 15 heavy (non-hydrogen) atoms. The van der Waals surface area contributed by atoms with E-state index >= 15 is 0 Å². The van der Waals surface area contributed by atoms with Gasteiger partial charge in [0, 0.05) is 18.6 Å². The molecule has 0 heterocycles. The molecule has 2 fully saturated rings. The van der Waals surface area contributed by atoms with E-state index in [1.54, 1.807) is 0 Å². The van der Waals surface area contributed by atoms with Crippen molar-refractivity contribution in [1.82, 2.24) is 4.90 Å². The third-order valence-electron chi connectivity index (χ3n) is 4.23. The Kier molecular flexibility index (Phi) is 3.68. The van der Waals surface area contributed by atoms with Crippen LogP contribution in [-0.4, -0.2) is 30.6 Å². The Labute approximate surface area is 94.2 Å². The molecule has 2 heteroatoms. The summed E-state index contributed by atoms with van der Waals surface area (Å²) in [5.41, 5.74) is 6.44. The third-order valence-corrected chi connectivity index (χ3v) is 4.23. The van der Waals surface area contributed by atoms with Crippen molar-refractivity contribution in [2.24, 2.45) is 11.7 Å². The molecule has 0 bridgehead atoms. The number of nitrogens with zero attached hydrogens (tertiary/aromatic N) is 1. The van der Waals surface area contributed by atoms with E-state index in [9.17, 15) is 0 Å². The van der Waals surface area contributed by atoms with E-state index in [0.29, 0.717) is 0 Å². The molecule has 2 N–H and O–H groups in total. The molecule has 2 saturated carbocycles. The summed E-state index contributed by atoms with van der Waals surface area (Å²) in [5, 5.41) is 0. The first-order chi connectivity index (χ1) is 7.18. The Balaban J connectivity index is 1.69. The van der Waals surface area contributed by atoms with Gasteiger partial charge in [-0.25, -0.2) is 0 Å². The van der Waals surface area contributed by atoms with Crippen LogP contribution in [-0.2, 0) is 0 Å². The lowest BCUT2D eigenvalue weighted by Crippen LogP contribution is -2.54. The first kappa shape index (κ1) is 11.4. The summed E-state index contributed by atoms with van der Waals surface area (Å²) in [4.78, 5) is 2.48. The number of hydrogen-bond acceptors (Lipinski definition) is 2. The molecule has 0 aromatic rings. The topological polar surface area (TPSA) is 29.3 Å². The van der Waals surface area contributed by atoms with Crippen LogP contribution >= 0.6 is 0 Å². The molecule has 0 amide bonds. The summed E-state index contributed by atoms with van der Waals surface area (Å²) in [6, 6.07) is 0. The molecule has 0 aromatic carbocycles. The average molecular weight is 210 g/mol. The molecule has 2 aliphatic carbocycles. The van der Waals surface area contributed by atoms with Crippen molar-refractivity contribution in [3.63, 3.8) is 0 Å². The van der Waals surface area contributed by atoms with Crippen LogP contribution < -0.4 is 5.73 Å². The van der Waals surface area contributed by atoms with Gasteiger partial charge in [-0.3, -0.25) is 0 Å². The smallest absolute Gasteiger partial charge is 0.0283 e. The van der Waals surface area contributed by atoms with Gasteiger partial charge in [-0.2, -0.15) is 0 Å². The molecule has 2 rings (SSSR count). The fraction of sp³-hybridized carbons (Fsp3) is 1.00. The Hall–Kier alpha value is -0.0800. The van der Waals surface area contributed by atoms with Gasteiger partial charge in [0.25, 0.3) is 0 Å². The Morgan fingerprint density at radius 1 is 1.13 bits per heavy atom. The first-order valence-corrected chi connectivity index (χ1v) is 6.65. The van der Waals surface area contributed by atoms with Crippen LogP contribution in [0.25, 0.3) is 0 Å². The van der Waals surface area contributed by atoms with Gasteiger partial charge >= 0.3 is 0 Å². The fourth-order valence-corrected chi connectivity index (χ4v) is 3.20. The molecule has 0 radical (unpaired) electrons. The van der Waals surface area contributed by atoms with Crippen molar-refractivity contribution >= 4 is 0 Å². The average Bonchev–Trinajstić information content (AvgIpc) is 2.16. The zero-order valence-corrected chi connectivity index (χ0v) is 10.2. The highest BCUT2D eigenvalue weighted by Gasteiger charge is 2.33. The maximum Gasteiger partial charge on any atom is 0.0283 e. The predicted octanol–water partition coefficient (Wildman–Crippen LogP) is 2.38. The van der Waals surface area contributed by atoms with E-state index in [0.717, 1.165) is 12.5 Å². The Bertz CT molecular complexity index is 193. The summed E-state index contributed by atoms with van der Waals surface area (Å²) < 4.78 is 0. The molecule has 2 aliphatic rings. The largest absolute Gasteiger partial charge is 0.324 e. The molecule has 0 aromatic heterocycles. The highest BCUT2D eigenvalue weighted by Crippen LogP contribution is 2.30. The van der Waals surface area contributed by atoms with E-state index in [4.69, 9.17) is 5.73 Å². The zero-order valence-electron chi connectivity index (χ0n) is 10.2. The maximum atomic E-state index is 6.27. The van der Waals surface area contributed by atoms with Crippen LogP contribution in [0.4, 0.5) is 0 Å². The molecule has 0 atom stereocenters. The normalized spacial score (nSPS) is 26.6. The lowest BCUT2D eigenvalue weighted by Gasteiger charge is -2.42. The molecule has 2 nitrogen and oxygen atoms in total. The maximum absolute atomic E-state index is 6.27. The highest BCUT2D eigenvalue weighted by molar-refractivity contribution is 4.94. The molecule has 0 unspecified atom stereocenters. The van der Waals surface area contributed by atoms with Crippen LogP contribution in [0.1, 0.15) is 51.4 Å². The molecular formula is C13H26N2. The third kappa shape index (κ3) is 3.18. The summed E-state index contributed by atoms with van der Waals surface area (Å²) in [6.07, 6.45) is 11.1. The monoisotopic (exact) mass is 210 g/mol. The van der Waals surface area contributed by atoms with Gasteiger partial charge < -0.3 is 10.6 Å². The van der Waals surface area contributed by atoms with E-state index in [1.165, 1.54) is 57.9 Å². The quantitative estimate of drug-likeness (QED) is 0.772. The van der Waals surface area contributed by atoms with Gasteiger partial charge in [-0.05, 0) is 45.1 Å². The Morgan fingerprint density at radius 2 is 1.80 bits per heavy atom. The van der Waals surface area contributed by atoms with Crippen LogP contribution in [0.3, 0.4) is 0 Å². The van der Waals surface area contributed by atoms with E-state index in [1.807, 2.05) is 0 Å². The van der Waals surface area contributed by atoms with Gasteiger partial charge in [0.05, 0.1) is 0 Å². The van der Waals surface area contributed by atoms with E-state index in [2.05, 4.69) is 11.9 Å². The minimum atomic E-state index is 0.170. The zero-order chi connectivity index (χ0) is 10.7. The van der Waals surface area contributed by atoms with Crippen molar-refractivity contribution in [3.8, 4) is 0 Å². The Morgan fingerprint density at radius 3 is 2.33 bits per heavy atom. The van der Waals surface area contributed by atoms with Crippen molar-refractivity contribution < 1.29 is 0 Å². The molecular weight excluding hydrogens is 184 g/mol. The molecule has 88 valence electrons. The van der Waals surface area contributed by atoms with Gasteiger partial charge in [0.1, 0.15) is 0 Å². The fourth-order valence-electron chi connectivity index (χ4n) is 3.20. The van der Waals surface area contributed by atoms with Gasteiger partial charge in [-0.1, -0.05) is 19.3 Å². The van der Waals surface area contributed by atoms with Gasteiger partial charge in [-0.15, -0.1) is 0 Å². The van der Waals surface area contributed by atoms with E-state index < -0.39 is 0 Å². The standard InChI is InChI=1S/C13H26N2/c1-15(11-13(14)8-5-9-13)10-12-6-3-2-4-7-12/h12H,2-11,14H2,1H3. The lowest BCUT2D eigenvalue weighted by atomic mass is 9.77. The van der Waals surface area contributed by atoms with Crippen LogP contribution in [0.15, 0.2) is 0 Å². The van der Waals surface area contributed by atoms with Crippen molar-refractivity contribution in [1.29, 1.82) is 0 Å². The van der Waals surface area contributed by atoms with E-state index in [-0.39, 0.29) is 5.54 Å². The van der Waals surface area contributed by atoms with Crippen molar-refractivity contribution in [2.45, 2.75) is 56.9 Å². The number of hydrogen-bond donors (Lipinski definition) is 1. The predicted molar refractivity (Wildman–Crippen MR) is 64.8 cm³/mol. The SMILES string of the molecule is CN(CC1CCCCC1)CC1(N)CCC1. The first-order valence-electron chi connectivity index (χ1n) is 6.65. The second kappa shape index (κ2) is 4.84. The van der Waals surface area contributed by atoms with Crippen molar-refractivity contribution in [2.75, 3.05) is 20.1 Å². The summed E-state index contributed by atoms with van der Waals surface area (Å²) in [5.74, 6) is 0.951. The number of likely N-dealkylation sites (N-methyl/N-ethyl adjacent to an activating group) is 1. The highest BCUT2D eigenvalue weighted by atomic mass is 15.1. The minimum Gasteiger partial charge on any atom is -0.324 e. The van der Waals surface area contributed by atoms with Gasteiger partial charge in [0.15, 0.2) is 0 Å². The number of rotatable bonds is 4. The van der Waals surface area contributed by atoms with Crippen LogP contribution in [0.2, 0.25) is 0 Å². The molecule has 0 saturated heterocycles. The van der Waals surface area contributed by atoms with Crippen LogP contribution in [0, 0.1) is 5.92 Å². The van der Waals surface area contributed by atoms with Crippen molar-refractivity contribution in [3.05, 3.63) is 0 Å². The van der Waals surface area contributed by atoms with Gasteiger partial charge in [0.2, 0.25) is 0 Å². The lowest BCUT2D eigenvalue weighted by molar-refractivity contribution is 0.142. The second-order valence-corrected chi connectivity index (χ2v) is 5.92. The molecule has 0 aliphatic heterocycles. The van der Waals surface area contributed by atoms with Crippen LogP contribution in [0.5, 0.6) is 0 Å². The minimum absolute atomic E-state index is 0.170.